The summed E-state index contributed by atoms with van der Waals surface area (Å²) in [6.07, 6.45) is 0.869. The van der Waals surface area contributed by atoms with Crippen LogP contribution in [0.15, 0.2) is 23.1 Å². The van der Waals surface area contributed by atoms with Gasteiger partial charge in [-0.3, -0.25) is 4.79 Å². The minimum absolute atomic E-state index is 0.0353. The first-order valence-electron chi connectivity index (χ1n) is 9.74. The number of amides is 2. The van der Waals surface area contributed by atoms with Gasteiger partial charge in [-0.05, 0) is 51.8 Å². The number of piperidine rings is 1. The Morgan fingerprint density at radius 2 is 1.90 bits per heavy atom. The normalized spacial score (nSPS) is 17.6. The summed E-state index contributed by atoms with van der Waals surface area (Å²) < 4.78 is 36.8. The lowest BCUT2D eigenvalue weighted by Crippen LogP contribution is -2.45. The highest BCUT2D eigenvalue weighted by Crippen LogP contribution is 2.29. The molecule has 9 nitrogen and oxygen atoms in total. The Labute approximate surface area is 178 Å². The molecule has 1 aromatic carbocycles. The third kappa shape index (κ3) is 5.85. The second-order valence-electron chi connectivity index (χ2n) is 8.41. The van der Waals surface area contributed by atoms with E-state index in [9.17, 15) is 18.0 Å². The summed E-state index contributed by atoms with van der Waals surface area (Å²) in [5, 5.41) is 2.77. The molecule has 0 radical (unpaired) electrons. The number of likely N-dealkylation sites (tertiary alicyclic amines) is 1. The van der Waals surface area contributed by atoms with Crippen molar-refractivity contribution in [2.75, 3.05) is 39.6 Å². The highest BCUT2D eigenvalue weighted by atomic mass is 32.2. The van der Waals surface area contributed by atoms with E-state index in [1.807, 2.05) is 0 Å². The van der Waals surface area contributed by atoms with Crippen LogP contribution >= 0.6 is 0 Å². The summed E-state index contributed by atoms with van der Waals surface area (Å²) in [6, 6.07) is 4.46. The Bertz CT molecular complexity index is 892. The number of carbonyl (C=O) groups is 2. The molecule has 0 aliphatic carbocycles. The number of methoxy groups -OCH3 is 1. The zero-order valence-electron chi connectivity index (χ0n) is 18.4. The van der Waals surface area contributed by atoms with Crippen molar-refractivity contribution >= 4 is 27.7 Å². The van der Waals surface area contributed by atoms with E-state index in [4.69, 9.17) is 9.47 Å². The van der Waals surface area contributed by atoms with Gasteiger partial charge in [-0.1, -0.05) is 0 Å². The summed E-state index contributed by atoms with van der Waals surface area (Å²) in [4.78, 5) is 26.6. The number of ether oxygens (including phenoxy) is 2. The molecule has 1 aliphatic heterocycles. The molecular formula is C20H31N3O6S. The van der Waals surface area contributed by atoms with E-state index in [-0.39, 0.29) is 23.1 Å². The SMILES string of the molecule is COc1ccc(NC(=O)[C@@H]2CCCN(C(=O)OC(C)(C)C)C2)cc1S(=O)(=O)N(C)C. The number of sulfonamides is 1. The molecule has 0 unspecified atom stereocenters. The Morgan fingerprint density at radius 3 is 2.47 bits per heavy atom. The van der Waals surface area contributed by atoms with Crippen LogP contribution in [0.3, 0.4) is 0 Å². The van der Waals surface area contributed by atoms with E-state index >= 15 is 0 Å². The standard InChI is InChI=1S/C20H31N3O6S/c1-20(2,3)29-19(25)23-11-7-8-14(13-23)18(24)21-15-9-10-16(28-6)17(12-15)30(26,27)22(4)5/h9-10,12,14H,7-8,11,13H2,1-6H3,(H,21,24)/t14-/m1/s1. The van der Waals surface area contributed by atoms with Crippen LogP contribution in [0.2, 0.25) is 0 Å². The van der Waals surface area contributed by atoms with Gasteiger partial charge in [-0.2, -0.15) is 0 Å². The van der Waals surface area contributed by atoms with Crippen LogP contribution < -0.4 is 10.1 Å². The smallest absolute Gasteiger partial charge is 0.410 e. The molecular weight excluding hydrogens is 410 g/mol. The summed E-state index contributed by atoms with van der Waals surface area (Å²) in [7, 11) is 0.480. The summed E-state index contributed by atoms with van der Waals surface area (Å²) >= 11 is 0. The molecule has 2 amide bonds. The van der Waals surface area contributed by atoms with Crippen molar-refractivity contribution in [2.45, 2.75) is 44.1 Å². The monoisotopic (exact) mass is 441 g/mol. The van der Waals surface area contributed by atoms with Crippen molar-refractivity contribution in [3.8, 4) is 5.75 Å². The fraction of sp³-hybridized carbons (Fsp3) is 0.600. The van der Waals surface area contributed by atoms with E-state index in [0.29, 0.717) is 25.1 Å². The first-order chi connectivity index (χ1) is 13.8. The minimum Gasteiger partial charge on any atom is -0.495 e. The molecule has 1 saturated heterocycles. The molecule has 0 saturated carbocycles. The molecule has 1 heterocycles. The zero-order valence-corrected chi connectivity index (χ0v) is 19.2. The molecule has 168 valence electrons. The van der Waals surface area contributed by atoms with Crippen LogP contribution in [0, 0.1) is 5.92 Å². The Morgan fingerprint density at radius 1 is 1.23 bits per heavy atom. The third-order valence-electron chi connectivity index (χ3n) is 4.63. The van der Waals surface area contributed by atoms with Gasteiger partial charge in [0.15, 0.2) is 0 Å². The van der Waals surface area contributed by atoms with Gasteiger partial charge >= 0.3 is 6.09 Å². The Kier molecular flexibility index (Phi) is 7.36. The van der Waals surface area contributed by atoms with Crippen molar-refractivity contribution < 1.29 is 27.5 Å². The molecule has 1 atom stereocenters. The molecule has 0 spiro atoms. The van der Waals surface area contributed by atoms with Crippen LogP contribution in [0.4, 0.5) is 10.5 Å². The van der Waals surface area contributed by atoms with E-state index in [0.717, 1.165) is 4.31 Å². The number of rotatable bonds is 5. The average molecular weight is 442 g/mol. The zero-order chi connectivity index (χ0) is 22.7. The first kappa shape index (κ1) is 23.9. The van der Waals surface area contributed by atoms with Gasteiger partial charge in [0.2, 0.25) is 15.9 Å². The number of anilines is 1. The minimum atomic E-state index is -3.75. The maximum atomic E-state index is 12.8. The van der Waals surface area contributed by atoms with E-state index < -0.39 is 27.6 Å². The molecule has 2 rings (SSSR count). The molecule has 1 N–H and O–H groups in total. The molecule has 10 heteroatoms. The first-order valence-corrected chi connectivity index (χ1v) is 11.2. The van der Waals surface area contributed by atoms with Crippen molar-refractivity contribution in [3.05, 3.63) is 18.2 Å². The van der Waals surface area contributed by atoms with Gasteiger partial charge in [-0.25, -0.2) is 17.5 Å². The third-order valence-corrected chi connectivity index (χ3v) is 6.47. The lowest BCUT2D eigenvalue weighted by molar-refractivity contribution is -0.121. The number of benzene rings is 1. The second kappa shape index (κ2) is 9.22. The number of hydrogen-bond donors (Lipinski definition) is 1. The second-order valence-corrected chi connectivity index (χ2v) is 10.5. The van der Waals surface area contributed by atoms with Crippen LogP contribution in [0.5, 0.6) is 5.75 Å². The van der Waals surface area contributed by atoms with Crippen LogP contribution in [0.1, 0.15) is 33.6 Å². The number of nitrogens with one attached hydrogen (secondary N) is 1. The highest BCUT2D eigenvalue weighted by Gasteiger charge is 2.31. The summed E-state index contributed by atoms with van der Waals surface area (Å²) in [5.74, 6) is -0.501. The fourth-order valence-electron chi connectivity index (χ4n) is 3.08. The quantitative estimate of drug-likeness (QED) is 0.753. The van der Waals surface area contributed by atoms with Gasteiger partial charge in [0.1, 0.15) is 16.2 Å². The molecule has 30 heavy (non-hydrogen) atoms. The van der Waals surface area contributed by atoms with Crippen LogP contribution in [-0.2, 0) is 19.6 Å². The number of nitrogens with zero attached hydrogens (tertiary/aromatic N) is 2. The van der Waals surface area contributed by atoms with Gasteiger partial charge in [0.25, 0.3) is 0 Å². The molecule has 1 aromatic rings. The van der Waals surface area contributed by atoms with E-state index in [1.165, 1.54) is 38.2 Å². The van der Waals surface area contributed by atoms with Crippen molar-refractivity contribution in [1.29, 1.82) is 0 Å². The molecule has 0 bridgehead atoms. The van der Waals surface area contributed by atoms with Crippen molar-refractivity contribution in [3.63, 3.8) is 0 Å². The average Bonchev–Trinajstić information content (AvgIpc) is 2.66. The van der Waals surface area contributed by atoms with Crippen LogP contribution in [-0.4, -0.2) is 69.5 Å². The van der Waals surface area contributed by atoms with E-state index in [2.05, 4.69) is 5.32 Å². The van der Waals surface area contributed by atoms with Crippen molar-refractivity contribution in [1.82, 2.24) is 9.21 Å². The lowest BCUT2D eigenvalue weighted by atomic mass is 9.97. The largest absolute Gasteiger partial charge is 0.495 e. The topological polar surface area (TPSA) is 105 Å². The van der Waals surface area contributed by atoms with Crippen LogP contribution in [0.25, 0.3) is 0 Å². The van der Waals surface area contributed by atoms with E-state index in [1.54, 1.807) is 26.8 Å². The Balaban J connectivity index is 2.15. The number of carbonyl (C=O) groups excluding carboxylic acids is 2. The summed E-state index contributed by atoms with van der Waals surface area (Å²) in [5.41, 5.74) is -0.264. The van der Waals surface area contributed by atoms with Gasteiger partial charge in [-0.15, -0.1) is 0 Å². The number of hydrogen-bond acceptors (Lipinski definition) is 6. The van der Waals surface area contributed by atoms with Gasteiger partial charge < -0.3 is 19.7 Å². The fourth-order valence-corrected chi connectivity index (χ4v) is 4.16. The Hall–Kier alpha value is -2.33. The molecule has 1 fully saturated rings. The molecule has 1 aliphatic rings. The predicted octanol–water partition coefficient (Wildman–Crippen LogP) is 2.53. The maximum Gasteiger partial charge on any atom is 0.410 e. The summed E-state index contributed by atoms with van der Waals surface area (Å²) in [6.45, 7) is 6.17. The molecule has 0 aromatic heterocycles. The van der Waals surface area contributed by atoms with Gasteiger partial charge in [0.05, 0.1) is 13.0 Å². The van der Waals surface area contributed by atoms with Gasteiger partial charge in [0, 0.05) is 32.9 Å². The van der Waals surface area contributed by atoms with Crippen molar-refractivity contribution in [2.24, 2.45) is 5.92 Å². The predicted molar refractivity (Wildman–Crippen MR) is 113 cm³/mol. The lowest BCUT2D eigenvalue weighted by Gasteiger charge is -2.33. The maximum absolute atomic E-state index is 12.8. The highest BCUT2D eigenvalue weighted by molar-refractivity contribution is 7.89.